The number of carbonyl (C=O) groups excluding carboxylic acids is 1. The van der Waals surface area contributed by atoms with Crippen LogP contribution in [0, 0.1) is 16.2 Å². The average Bonchev–Trinajstić information content (AvgIpc) is 2.99. The van der Waals surface area contributed by atoms with Gasteiger partial charge in [-0.25, -0.2) is 0 Å². The number of fused-ring (bicyclic) bond motifs is 2. The first-order valence-corrected chi connectivity index (χ1v) is 10.4. The van der Waals surface area contributed by atoms with Gasteiger partial charge in [0.15, 0.2) is 0 Å². The molecule has 0 saturated heterocycles. The number of hydrogen-bond donors (Lipinski definition) is 1. The number of carbonyl (C=O) groups is 1. The van der Waals surface area contributed by atoms with Gasteiger partial charge >= 0.3 is 0 Å². The first kappa shape index (κ1) is 19.2. The summed E-state index contributed by atoms with van der Waals surface area (Å²) in [7, 11) is 0. The van der Waals surface area contributed by atoms with Gasteiger partial charge in [0.05, 0.1) is 11.5 Å². The van der Waals surface area contributed by atoms with Crippen molar-refractivity contribution < 1.29 is 9.90 Å². The predicted octanol–water partition coefficient (Wildman–Crippen LogP) is 4.79. The van der Waals surface area contributed by atoms with E-state index in [1.165, 1.54) is 0 Å². The fourth-order valence-corrected chi connectivity index (χ4v) is 5.71. The van der Waals surface area contributed by atoms with E-state index in [2.05, 4.69) is 45.0 Å². The van der Waals surface area contributed by atoms with Crippen LogP contribution in [-0.2, 0) is 17.9 Å². The maximum Gasteiger partial charge on any atom is 0.230 e. The molecule has 148 valence electrons. The summed E-state index contributed by atoms with van der Waals surface area (Å²) in [5.41, 5.74) is 1.39. The SMILES string of the molecule is CC12CCC(C(=O)N(Cc3ccccc3)Cc3ccccc3)(CC1O)C2(C)C. The Kier molecular flexibility index (Phi) is 4.62. The topological polar surface area (TPSA) is 40.5 Å². The summed E-state index contributed by atoms with van der Waals surface area (Å²) >= 11 is 0. The van der Waals surface area contributed by atoms with E-state index in [4.69, 9.17) is 0 Å². The second-order valence-corrected chi connectivity index (χ2v) is 9.48. The first-order chi connectivity index (χ1) is 13.3. The van der Waals surface area contributed by atoms with Crippen LogP contribution in [0.3, 0.4) is 0 Å². The highest BCUT2D eigenvalue weighted by atomic mass is 16.3. The molecule has 2 saturated carbocycles. The summed E-state index contributed by atoms with van der Waals surface area (Å²) in [6.07, 6.45) is 1.95. The van der Waals surface area contributed by atoms with Gasteiger partial charge < -0.3 is 10.0 Å². The predicted molar refractivity (Wildman–Crippen MR) is 111 cm³/mol. The number of hydrogen-bond acceptors (Lipinski definition) is 2. The molecule has 1 N–H and O–H groups in total. The fourth-order valence-electron chi connectivity index (χ4n) is 5.71. The Bertz CT molecular complexity index is 806. The Labute approximate surface area is 168 Å². The van der Waals surface area contributed by atoms with Crippen LogP contribution in [0.25, 0.3) is 0 Å². The molecular weight excluding hydrogens is 346 g/mol. The molecule has 2 aromatic rings. The largest absolute Gasteiger partial charge is 0.393 e. The quantitative estimate of drug-likeness (QED) is 0.814. The normalized spacial score (nSPS) is 30.4. The minimum Gasteiger partial charge on any atom is -0.393 e. The second kappa shape index (κ2) is 6.73. The number of rotatable bonds is 5. The highest BCUT2D eigenvalue weighted by Gasteiger charge is 2.72. The Morgan fingerprint density at radius 3 is 1.82 bits per heavy atom. The van der Waals surface area contributed by atoms with Gasteiger partial charge in [0.2, 0.25) is 5.91 Å². The van der Waals surface area contributed by atoms with E-state index < -0.39 is 11.5 Å². The standard InChI is InChI=1S/C25H31NO2/c1-23(2)24(3)14-15-25(23,16-21(24)27)22(28)26(17-19-10-6-4-7-11-19)18-20-12-8-5-9-13-20/h4-13,21,27H,14-18H2,1-3H3. The van der Waals surface area contributed by atoms with Crippen molar-refractivity contribution in [2.75, 3.05) is 0 Å². The highest BCUT2D eigenvalue weighted by Crippen LogP contribution is 2.72. The number of benzene rings is 2. The van der Waals surface area contributed by atoms with Gasteiger partial charge in [0, 0.05) is 13.1 Å². The third-order valence-electron chi connectivity index (χ3n) is 8.10. The van der Waals surface area contributed by atoms with Gasteiger partial charge in [-0.3, -0.25) is 4.79 Å². The molecule has 0 spiro atoms. The van der Waals surface area contributed by atoms with Crippen molar-refractivity contribution in [1.29, 1.82) is 0 Å². The molecule has 3 heteroatoms. The summed E-state index contributed by atoms with van der Waals surface area (Å²) in [4.78, 5) is 16.1. The molecule has 3 unspecified atom stereocenters. The molecule has 2 aliphatic carbocycles. The van der Waals surface area contributed by atoms with E-state index in [1.54, 1.807) is 0 Å². The molecule has 4 rings (SSSR count). The average molecular weight is 378 g/mol. The molecule has 2 aromatic carbocycles. The molecule has 1 amide bonds. The zero-order valence-electron chi connectivity index (χ0n) is 17.2. The van der Waals surface area contributed by atoms with E-state index in [0.717, 1.165) is 24.0 Å². The summed E-state index contributed by atoms with van der Waals surface area (Å²) in [5, 5.41) is 10.8. The van der Waals surface area contributed by atoms with Crippen molar-refractivity contribution in [2.24, 2.45) is 16.2 Å². The van der Waals surface area contributed by atoms with E-state index in [1.807, 2.05) is 41.3 Å². The number of amides is 1. The molecule has 0 aliphatic heterocycles. The van der Waals surface area contributed by atoms with Gasteiger partial charge in [-0.05, 0) is 41.2 Å². The summed E-state index contributed by atoms with van der Waals surface area (Å²) in [6.45, 7) is 7.74. The Balaban J connectivity index is 1.69. The van der Waals surface area contributed by atoms with Gasteiger partial charge in [0.1, 0.15) is 0 Å². The molecule has 2 bridgehead atoms. The van der Waals surface area contributed by atoms with Crippen molar-refractivity contribution in [2.45, 2.75) is 59.2 Å². The third-order valence-corrected chi connectivity index (χ3v) is 8.10. The number of aliphatic hydroxyl groups is 1. The van der Waals surface area contributed by atoms with Gasteiger partial charge in [-0.1, -0.05) is 81.4 Å². The van der Waals surface area contributed by atoms with Crippen molar-refractivity contribution in [3.05, 3.63) is 71.8 Å². The van der Waals surface area contributed by atoms with Crippen LogP contribution in [0.15, 0.2) is 60.7 Å². The first-order valence-electron chi connectivity index (χ1n) is 10.4. The molecule has 2 aliphatic rings. The molecule has 3 atom stereocenters. The maximum absolute atomic E-state index is 14.1. The van der Waals surface area contributed by atoms with E-state index in [0.29, 0.717) is 19.5 Å². The van der Waals surface area contributed by atoms with Crippen LogP contribution < -0.4 is 0 Å². The zero-order valence-corrected chi connectivity index (χ0v) is 17.2. The number of aliphatic hydroxyl groups excluding tert-OH is 1. The van der Waals surface area contributed by atoms with Crippen molar-refractivity contribution in [1.82, 2.24) is 4.90 Å². The summed E-state index contributed by atoms with van der Waals surface area (Å²) < 4.78 is 0. The molecule has 28 heavy (non-hydrogen) atoms. The molecule has 3 nitrogen and oxygen atoms in total. The van der Waals surface area contributed by atoms with E-state index in [-0.39, 0.29) is 16.7 Å². The summed E-state index contributed by atoms with van der Waals surface area (Å²) in [6, 6.07) is 20.4. The molecule has 0 radical (unpaired) electrons. The van der Waals surface area contributed by atoms with Crippen LogP contribution in [0.5, 0.6) is 0 Å². The maximum atomic E-state index is 14.1. The van der Waals surface area contributed by atoms with Crippen LogP contribution >= 0.6 is 0 Å². The van der Waals surface area contributed by atoms with E-state index in [9.17, 15) is 9.90 Å². The van der Waals surface area contributed by atoms with Crippen LogP contribution in [-0.4, -0.2) is 22.0 Å². The van der Waals surface area contributed by atoms with Crippen molar-refractivity contribution in [3.63, 3.8) is 0 Å². The van der Waals surface area contributed by atoms with Crippen LogP contribution in [0.2, 0.25) is 0 Å². The lowest BCUT2D eigenvalue weighted by atomic mass is 9.64. The lowest BCUT2D eigenvalue weighted by Gasteiger charge is -2.42. The molecule has 2 fully saturated rings. The smallest absolute Gasteiger partial charge is 0.230 e. The molecule has 0 heterocycles. The van der Waals surface area contributed by atoms with Crippen molar-refractivity contribution >= 4 is 5.91 Å². The van der Waals surface area contributed by atoms with Gasteiger partial charge in [-0.2, -0.15) is 0 Å². The summed E-state index contributed by atoms with van der Waals surface area (Å²) in [5.74, 6) is 0.200. The fraction of sp³-hybridized carbons (Fsp3) is 0.480. The highest BCUT2D eigenvalue weighted by molar-refractivity contribution is 5.85. The Morgan fingerprint density at radius 1 is 0.929 bits per heavy atom. The second-order valence-electron chi connectivity index (χ2n) is 9.48. The lowest BCUT2D eigenvalue weighted by molar-refractivity contribution is -0.149. The van der Waals surface area contributed by atoms with Crippen molar-refractivity contribution in [3.8, 4) is 0 Å². The Hall–Kier alpha value is -2.13. The monoisotopic (exact) mass is 377 g/mol. The zero-order chi connectivity index (χ0) is 20.0. The number of nitrogens with zero attached hydrogens (tertiary/aromatic N) is 1. The lowest BCUT2D eigenvalue weighted by Crippen LogP contribution is -2.48. The minimum absolute atomic E-state index is 0.187. The minimum atomic E-state index is -0.481. The van der Waals surface area contributed by atoms with Gasteiger partial charge in [-0.15, -0.1) is 0 Å². The third kappa shape index (κ3) is 2.71. The van der Waals surface area contributed by atoms with E-state index >= 15 is 0 Å². The van der Waals surface area contributed by atoms with Gasteiger partial charge in [0.25, 0.3) is 0 Å². The molecular formula is C25H31NO2. The molecule has 0 aromatic heterocycles. The Morgan fingerprint density at radius 2 is 1.43 bits per heavy atom. The van der Waals surface area contributed by atoms with Crippen LogP contribution in [0.4, 0.5) is 0 Å². The van der Waals surface area contributed by atoms with Crippen LogP contribution in [0.1, 0.15) is 51.2 Å².